The second kappa shape index (κ2) is 5.96. The lowest BCUT2D eigenvalue weighted by Gasteiger charge is -2.17. The van der Waals surface area contributed by atoms with Gasteiger partial charge >= 0.3 is 0 Å². The molecule has 0 aliphatic carbocycles. The molecule has 0 fully saturated rings. The summed E-state index contributed by atoms with van der Waals surface area (Å²) in [6, 6.07) is 6.19. The second-order valence-electron chi connectivity index (χ2n) is 5.07. The first kappa shape index (κ1) is 15.0. The third-order valence-electron chi connectivity index (χ3n) is 3.64. The summed E-state index contributed by atoms with van der Waals surface area (Å²) < 4.78 is 15.1. The Morgan fingerprint density at radius 1 is 1.43 bits per heavy atom. The third-order valence-corrected chi connectivity index (χ3v) is 3.64. The van der Waals surface area contributed by atoms with Crippen molar-refractivity contribution in [1.82, 2.24) is 9.78 Å². The molecule has 0 aliphatic rings. The summed E-state index contributed by atoms with van der Waals surface area (Å²) in [6.45, 7) is 8.89. The third kappa shape index (κ3) is 2.89. The Kier molecular flexibility index (Phi) is 4.27. The van der Waals surface area contributed by atoms with Gasteiger partial charge in [-0.2, -0.15) is 10.4 Å². The first-order valence-electron chi connectivity index (χ1n) is 6.98. The molecule has 2 rings (SSSR count). The Hall–Kier alpha value is -2.35. The van der Waals surface area contributed by atoms with Gasteiger partial charge in [-0.15, -0.1) is 0 Å². The van der Waals surface area contributed by atoms with E-state index in [9.17, 15) is 4.39 Å². The fourth-order valence-electron chi connectivity index (χ4n) is 2.69. The Morgan fingerprint density at radius 2 is 2.14 bits per heavy atom. The maximum atomic E-state index is 13.2. The molecule has 0 aliphatic heterocycles. The normalized spacial score (nSPS) is 12.0. The van der Waals surface area contributed by atoms with Crippen LogP contribution in [-0.2, 0) is 6.54 Å². The van der Waals surface area contributed by atoms with Gasteiger partial charge in [0.1, 0.15) is 11.9 Å². The van der Waals surface area contributed by atoms with E-state index in [-0.39, 0.29) is 6.04 Å². The minimum Gasteiger partial charge on any atom is -0.377 e. The van der Waals surface area contributed by atoms with Gasteiger partial charge in [0, 0.05) is 17.8 Å². The van der Waals surface area contributed by atoms with Crippen LogP contribution in [0.5, 0.6) is 0 Å². The van der Waals surface area contributed by atoms with Crippen LogP contribution >= 0.6 is 0 Å². The van der Waals surface area contributed by atoms with Crippen LogP contribution < -0.4 is 5.32 Å². The van der Waals surface area contributed by atoms with Crippen molar-refractivity contribution < 1.29 is 4.39 Å². The summed E-state index contributed by atoms with van der Waals surface area (Å²) in [5.74, 6) is -0.407. The van der Waals surface area contributed by atoms with Gasteiger partial charge in [0.05, 0.1) is 23.0 Å². The molecule has 110 valence electrons. The molecule has 1 heterocycles. The number of aromatic nitrogens is 2. The van der Waals surface area contributed by atoms with E-state index >= 15 is 0 Å². The number of hydrogen-bond acceptors (Lipinski definition) is 3. The average Bonchev–Trinajstić information content (AvgIpc) is 2.75. The molecule has 0 spiro atoms. The topological polar surface area (TPSA) is 53.6 Å². The summed E-state index contributed by atoms with van der Waals surface area (Å²) in [7, 11) is 0. The van der Waals surface area contributed by atoms with Gasteiger partial charge in [-0.05, 0) is 45.9 Å². The van der Waals surface area contributed by atoms with Gasteiger partial charge in [0.15, 0.2) is 0 Å². The quantitative estimate of drug-likeness (QED) is 0.932. The van der Waals surface area contributed by atoms with Crippen molar-refractivity contribution in [2.45, 2.75) is 40.3 Å². The van der Waals surface area contributed by atoms with Crippen LogP contribution in [-0.4, -0.2) is 9.78 Å². The Bertz CT molecular complexity index is 697. The fourth-order valence-corrected chi connectivity index (χ4v) is 2.69. The van der Waals surface area contributed by atoms with Crippen LogP contribution in [0.4, 0.5) is 10.1 Å². The first-order valence-corrected chi connectivity index (χ1v) is 6.98. The number of benzene rings is 1. The smallest absolute Gasteiger partial charge is 0.124 e. The molecule has 0 saturated heterocycles. The molecule has 2 aromatic rings. The zero-order chi connectivity index (χ0) is 15.6. The van der Waals surface area contributed by atoms with Crippen LogP contribution in [0.1, 0.15) is 42.4 Å². The molecular formula is C16H19FN4. The molecule has 0 amide bonds. The largest absolute Gasteiger partial charge is 0.377 e. The van der Waals surface area contributed by atoms with E-state index in [1.165, 1.54) is 12.1 Å². The van der Waals surface area contributed by atoms with Crippen LogP contribution in [0.15, 0.2) is 18.2 Å². The Labute approximate surface area is 124 Å². The number of nitrogens with zero attached hydrogens (tertiary/aromatic N) is 3. The first-order chi connectivity index (χ1) is 9.97. The molecule has 5 heteroatoms. The molecule has 1 aromatic carbocycles. The molecule has 0 saturated carbocycles. The van der Waals surface area contributed by atoms with E-state index in [0.717, 1.165) is 23.5 Å². The summed E-state index contributed by atoms with van der Waals surface area (Å²) in [4.78, 5) is 0. The monoisotopic (exact) mass is 286 g/mol. The van der Waals surface area contributed by atoms with Gasteiger partial charge in [-0.3, -0.25) is 4.68 Å². The van der Waals surface area contributed by atoms with Crippen molar-refractivity contribution in [1.29, 1.82) is 5.26 Å². The molecule has 1 atom stereocenters. The average molecular weight is 286 g/mol. The predicted molar refractivity (Wildman–Crippen MR) is 80.5 cm³/mol. The highest BCUT2D eigenvalue weighted by atomic mass is 19.1. The maximum absolute atomic E-state index is 13.2. The van der Waals surface area contributed by atoms with Crippen molar-refractivity contribution in [2.24, 2.45) is 0 Å². The van der Waals surface area contributed by atoms with Crippen molar-refractivity contribution in [2.75, 3.05) is 5.32 Å². The summed E-state index contributed by atoms with van der Waals surface area (Å²) in [5.41, 5.74) is 4.13. The highest BCUT2D eigenvalue weighted by Crippen LogP contribution is 2.27. The Morgan fingerprint density at radius 3 is 2.71 bits per heavy atom. The summed E-state index contributed by atoms with van der Waals surface area (Å²) >= 11 is 0. The number of nitrogens with one attached hydrogen (secondary N) is 1. The van der Waals surface area contributed by atoms with Crippen molar-refractivity contribution in [3.8, 4) is 6.07 Å². The number of anilines is 1. The van der Waals surface area contributed by atoms with E-state index in [4.69, 9.17) is 5.26 Å². The SMILES string of the molecule is CCn1nc(C)c(C(C)Nc2ccc(F)cc2C#N)c1C. The minimum atomic E-state index is -0.407. The van der Waals surface area contributed by atoms with Crippen LogP contribution in [0.2, 0.25) is 0 Å². The van der Waals surface area contributed by atoms with E-state index in [2.05, 4.69) is 17.3 Å². The predicted octanol–water partition coefficient (Wildman–Crippen LogP) is 3.70. The molecule has 4 nitrogen and oxygen atoms in total. The Balaban J connectivity index is 2.33. The number of aryl methyl sites for hydroxylation is 2. The number of halogens is 1. The molecule has 0 bridgehead atoms. The molecule has 1 aromatic heterocycles. The fraction of sp³-hybridized carbons (Fsp3) is 0.375. The van der Waals surface area contributed by atoms with E-state index in [0.29, 0.717) is 11.3 Å². The van der Waals surface area contributed by atoms with E-state index in [1.807, 2.05) is 31.5 Å². The molecule has 1 N–H and O–H groups in total. The van der Waals surface area contributed by atoms with E-state index < -0.39 is 5.82 Å². The lowest BCUT2D eigenvalue weighted by molar-refractivity contribution is 0.627. The van der Waals surface area contributed by atoms with Crippen molar-refractivity contribution in [3.05, 3.63) is 46.5 Å². The minimum absolute atomic E-state index is 0.0112. The lowest BCUT2D eigenvalue weighted by Crippen LogP contribution is -2.10. The van der Waals surface area contributed by atoms with E-state index in [1.54, 1.807) is 6.07 Å². The maximum Gasteiger partial charge on any atom is 0.124 e. The molecule has 0 radical (unpaired) electrons. The molecular weight excluding hydrogens is 267 g/mol. The van der Waals surface area contributed by atoms with Crippen molar-refractivity contribution in [3.63, 3.8) is 0 Å². The zero-order valence-electron chi connectivity index (χ0n) is 12.7. The summed E-state index contributed by atoms with van der Waals surface area (Å²) in [6.07, 6.45) is 0. The van der Waals surface area contributed by atoms with Gasteiger partial charge in [0.2, 0.25) is 0 Å². The van der Waals surface area contributed by atoms with Gasteiger partial charge in [-0.25, -0.2) is 4.39 Å². The lowest BCUT2D eigenvalue weighted by atomic mass is 10.1. The number of hydrogen-bond donors (Lipinski definition) is 1. The number of rotatable bonds is 4. The van der Waals surface area contributed by atoms with Crippen LogP contribution in [0.25, 0.3) is 0 Å². The number of nitriles is 1. The summed E-state index contributed by atoms with van der Waals surface area (Å²) in [5, 5.41) is 16.9. The van der Waals surface area contributed by atoms with Crippen LogP contribution in [0, 0.1) is 31.0 Å². The van der Waals surface area contributed by atoms with Crippen molar-refractivity contribution >= 4 is 5.69 Å². The molecule has 1 unspecified atom stereocenters. The highest BCUT2D eigenvalue weighted by Gasteiger charge is 2.18. The zero-order valence-corrected chi connectivity index (χ0v) is 12.7. The molecule has 21 heavy (non-hydrogen) atoms. The van der Waals surface area contributed by atoms with Gasteiger partial charge < -0.3 is 5.32 Å². The second-order valence-corrected chi connectivity index (χ2v) is 5.07. The van der Waals surface area contributed by atoms with Gasteiger partial charge in [-0.1, -0.05) is 0 Å². The van der Waals surface area contributed by atoms with Gasteiger partial charge in [0.25, 0.3) is 0 Å². The van der Waals surface area contributed by atoms with Crippen LogP contribution in [0.3, 0.4) is 0 Å². The standard InChI is InChI=1S/C16H19FN4/c1-5-21-12(4)16(11(3)20-21)10(2)19-15-7-6-14(17)8-13(15)9-18/h6-8,10,19H,5H2,1-4H3. The highest BCUT2D eigenvalue weighted by molar-refractivity contribution is 5.58.